The van der Waals surface area contributed by atoms with Gasteiger partial charge in [0.25, 0.3) is 17.7 Å². The predicted octanol–water partition coefficient (Wildman–Crippen LogP) is 2.51. The molecule has 1 aliphatic rings. The standard InChI is InChI=1S/C24H19N3O4/c25-21(28)17-8-6-15(7-9-17)13-26-22(29)18-10-11-19-20(12-18)24(31)27(23(19)30)14-16-4-2-1-3-5-16/h1-12H,13-14H2,(H2,25,28)(H,26,29). The van der Waals surface area contributed by atoms with Crippen molar-refractivity contribution < 1.29 is 19.2 Å². The number of amides is 4. The molecule has 3 N–H and O–H groups in total. The van der Waals surface area contributed by atoms with Gasteiger partial charge in [0.2, 0.25) is 5.91 Å². The number of carbonyl (C=O) groups is 4. The fourth-order valence-corrected chi connectivity index (χ4v) is 3.41. The Morgan fingerprint density at radius 1 is 0.774 bits per heavy atom. The van der Waals surface area contributed by atoms with E-state index in [0.717, 1.165) is 11.1 Å². The minimum absolute atomic E-state index is 0.177. The van der Waals surface area contributed by atoms with Gasteiger partial charge in [-0.15, -0.1) is 0 Å². The molecule has 1 aliphatic heterocycles. The quantitative estimate of drug-likeness (QED) is 0.605. The van der Waals surface area contributed by atoms with Gasteiger partial charge in [-0.2, -0.15) is 0 Å². The van der Waals surface area contributed by atoms with Crippen molar-refractivity contribution in [3.8, 4) is 0 Å². The lowest BCUT2D eigenvalue weighted by Crippen LogP contribution is -2.29. The number of nitrogens with one attached hydrogen (secondary N) is 1. The van der Waals surface area contributed by atoms with Crippen molar-refractivity contribution in [1.29, 1.82) is 0 Å². The van der Waals surface area contributed by atoms with Gasteiger partial charge in [0.15, 0.2) is 0 Å². The van der Waals surface area contributed by atoms with E-state index in [-0.39, 0.29) is 36.0 Å². The van der Waals surface area contributed by atoms with E-state index in [2.05, 4.69) is 5.32 Å². The van der Waals surface area contributed by atoms with Crippen LogP contribution in [0, 0.1) is 0 Å². The molecule has 0 aliphatic carbocycles. The van der Waals surface area contributed by atoms with Crippen molar-refractivity contribution in [2.24, 2.45) is 5.73 Å². The Hall–Kier alpha value is -4.26. The Labute approximate surface area is 178 Å². The lowest BCUT2D eigenvalue weighted by atomic mass is 10.1. The predicted molar refractivity (Wildman–Crippen MR) is 113 cm³/mol. The monoisotopic (exact) mass is 413 g/mol. The third-order valence-corrected chi connectivity index (χ3v) is 5.11. The molecule has 0 unspecified atom stereocenters. The summed E-state index contributed by atoms with van der Waals surface area (Å²) >= 11 is 0. The maximum Gasteiger partial charge on any atom is 0.261 e. The largest absolute Gasteiger partial charge is 0.366 e. The molecule has 0 fully saturated rings. The van der Waals surface area contributed by atoms with E-state index in [1.54, 1.807) is 24.3 Å². The lowest BCUT2D eigenvalue weighted by Gasteiger charge is -2.13. The summed E-state index contributed by atoms with van der Waals surface area (Å²) in [6.07, 6.45) is 0. The van der Waals surface area contributed by atoms with Crippen LogP contribution in [0.5, 0.6) is 0 Å². The molecule has 4 rings (SSSR count). The SMILES string of the molecule is NC(=O)c1ccc(CNC(=O)c2ccc3c(c2)C(=O)N(Cc2ccccc2)C3=O)cc1. The first kappa shape index (κ1) is 20.0. The lowest BCUT2D eigenvalue weighted by molar-refractivity contribution is 0.0642. The zero-order valence-corrected chi connectivity index (χ0v) is 16.5. The van der Waals surface area contributed by atoms with E-state index in [4.69, 9.17) is 5.73 Å². The van der Waals surface area contributed by atoms with E-state index in [1.165, 1.54) is 23.1 Å². The number of fused-ring (bicyclic) bond motifs is 1. The van der Waals surface area contributed by atoms with Crippen molar-refractivity contribution >= 4 is 23.6 Å². The highest BCUT2D eigenvalue weighted by atomic mass is 16.2. The Balaban J connectivity index is 1.46. The van der Waals surface area contributed by atoms with E-state index >= 15 is 0 Å². The third kappa shape index (κ3) is 4.06. The summed E-state index contributed by atoms with van der Waals surface area (Å²) in [5.74, 6) is -1.68. The first-order valence-corrected chi connectivity index (χ1v) is 9.65. The minimum Gasteiger partial charge on any atom is -0.366 e. The number of hydrogen-bond acceptors (Lipinski definition) is 4. The molecule has 0 spiro atoms. The van der Waals surface area contributed by atoms with Crippen LogP contribution in [0.4, 0.5) is 0 Å². The van der Waals surface area contributed by atoms with Crippen molar-refractivity contribution in [2.45, 2.75) is 13.1 Å². The maximum absolute atomic E-state index is 12.8. The van der Waals surface area contributed by atoms with Crippen molar-refractivity contribution in [1.82, 2.24) is 10.2 Å². The van der Waals surface area contributed by atoms with E-state index in [9.17, 15) is 19.2 Å². The van der Waals surface area contributed by atoms with E-state index in [1.807, 2.05) is 30.3 Å². The van der Waals surface area contributed by atoms with Gasteiger partial charge < -0.3 is 11.1 Å². The van der Waals surface area contributed by atoms with Gasteiger partial charge in [0.05, 0.1) is 17.7 Å². The average molecular weight is 413 g/mol. The second kappa shape index (κ2) is 8.23. The van der Waals surface area contributed by atoms with Gasteiger partial charge >= 0.3 is 0 Å². The van der Waals surface area contributed by atoms with Crippen molar-refractivity contribution in [2.75, 3.05) is 0 Å². The molecule has 0 saturated heterocycles. The number of nitrogens with two attached hydrogens (primary N) is 1. The highest BCUT2D eigenvalue weighted by molar-refractivity contribution is 6.22. The number of hydrogen-bond donors (Lipinski definition) is 2. The first-order valence-electron chi connectivity index (χ1n) is 9.65. The fourth-order valence-electron chi connectivity index (χ4n) is 3.41. The summed E-state index contributed by atoms with van der Waals surface area (Å²) in [5.41, 5.74) is 8.04. The zero-order chi connectivity index (χ0) is 22.0. The van der Waals surface area contributed by atoms with Crippen LogP contribution < -0.4 is 11.1 Å². The molecule has 7 nitrogen and oxygen atoms in total. The van der Waals surface area contributed by atoms with Crippen molar-refractivity contribution in [3.05, 3.63) is 106 Å². The molecule has 3 aromatic rings. The number of nitrogens with zero attached hydrogens (tertiary/aromatic N) is 1. The fraction of sp³-hybridized carbons (Fsp3) is 0.0833. The number of imide groups is 1. The molecular formula is C24H19N3O4. The van der Waals surface area contributed by atoms with Gasteiger partial charge in [-0.1, -0.05) is 42.5 Å². The molecule has 31 heavy (non-hydrogen) atoms. The highest BCUT2D eigenvalue weighted by Crippen LogP contribution is 2.25. The Morgan fingerprint density at radius 2 is 1.42 bits per heavy atom. The molecule has 0 saturated carbocycles. The summed E-state index contributed by atoms with van der Waals surface area (Å²) in [4.78, 5) is 50.3. The van der Waals surface area contributed by atoms with Crippen LogP contribution in [0.15, 0.2) is 72.8 Å². The number of rotatable bonds is 6. The summed E-state index contributed by atoms with van der Waals surface area (Å²) in [6, 6.07) is 20.3. The third-order valence-electron chi connectivity index (χ3n) is 5.11. The molecule has 0 atom stereocenters. The number of primary amides is 1. The van der Waals surface area contributed by atoms with Crippen molar-refractivity contribution in [3.63, 3.8) is 0 Å². The molecule has 4 amide bonds. The van der Waals surface area contributed by atoms with Gasteiger partial charge in [0, 0.05) is 17.7 Å². The van der Waals surface area contributed by atoms with Crippen LogP contribution in [0.2, 0.25) is 0 Å². The molecule has 0 aromatic heterocycles. The van der Waals surface area contributed by atoms with Gasteiger partial charge in [0.1, 0.15) is 0 Å². The Morgan fingerprint density at radius 3 is 2.10 bits per heavy atom. The first-order chi connectivity index (χ1) is 14.9. The Bertz CT molecular complexity index is 1190. The molecular weight excluding hydrogens is 394 g/mol. The summed E-state index contributed by atoms with van der Waals surface area (Å²) in [7, 11) is 0. The van der Waals surface area contributed by atoms with E-state index < -0.39 is 11.8 Å². The van der Waals surface area contributed by atoms with Gasteiger partial charge in [-0.05, 0) is 41.5 Å². The Kier molecular flexibility index (Phi) is 5.32. The number of carbonyl (C=O) groups excluding carboxylic acids is 4. The van der Waals surface area contributed by atoms with Crippen LogP contribution >= 0.6 is 0 Å². The smallest absolute Gasteiger partial charge is 0.261 e. The molecule has 154 valence electrons. The summed E-state index contributed by atoms with van der Waals surface area (Å²) in [6.45, 7) is 0.415. The van der Waals surface area contributed by atoms with E-state index in [0.29, 0.717) is 11.1 Å². The molecule has 1 heterocycles. The van der Waals surface area contributed by atoms with Crippen LogP contribution in [-0.4, -0.2) is 28.5 Å². The second-order valence-corrected chi connectivity index (χ2v) is 7.19. The summed E-state index contributed by atoms with van der Waals surface area (Å²) in [5, 5.41) is 2.77. The van der Waals surface area contributed by atoms with Crippen LogP contribution in [0.25, 0.3) is 0 Å². The molecule has 0 bridgehead atoms. The molecule has 7 heteroatoms. The second-order valence-electron chi connectivity index (χ2n) is 7.19. The number of benzene rings is 3. The summed E-state index contributed by atoms with van der Waals surface area (Å²) < 4.78 is 0. The topological polar surface area (TPSA) is 110 Å². The minimum atomic E-state index is -0.519. The van der Waals surface area contributed by atoms with Crippen LogP contribution in [-0.2, 0) is 13.1 Å². The highest BCUT2D eigenvalue weighted by Gasteiger charge is 2.35. The van der Waals surface area contributed by atoms with Gasteiger partial charge in [-0.25, -0.2) is 0 Å². The van der Waals surface area contributed by atoms with Crippen LogP contribution in [0.3, 0.4) is 0 Å². The van der Waals surface area contributed by atoms with Gasteiger partial charge in [-0.3, -0.25) is 24.1 Å². The van der Waals surface area contributed by atoms with Crippen LogP contribution in [0.1, 0.15) is 52.6 Å². The maximum atomic E-state index is 12.8. The average Bonchev–Trinajstić information content (AvgIpc) is 3.02. The zero-order valence-electron chi connectivity index (χ0n) is 16.5. The molecule has 3 aromatic carbocycles. The molecule has 0 radical (unpaired) electrons. The normalized spacial score (nSPS) is 12.6.